The van der Waals surface area contributed by atoms with E-state index in [4.69, 9.17) is 10.3 Å². The second-order valence-electron chi connectivity index (χ2n) is 6.57. The number of hydrogen-bond donors (Lipinski definition) is 2. The molecular weight excluding hydrogens is 362 g/mol. The van der Waals surface area contributed by atoms with E-state index in [-0.39, 0.29) is 17.2 Å². The second-order valence-corrected chi connectivity index (χ2v) is 7.87. The van der Waals surface area contributed by atoms with Crippen LogP contribution in [0.4, 0.5) is 0 Å². The van der Waals surface area contributed by atoms with E-state index in [2.05, 4.69) is 27.6 Å². The fraction of sp³-hybridized carbons (Fsp3) is 0.316. The highest BCUT2D eigenvalue weighted by Crippen LogP contribution is 2.30. The van der Waals surface area contributed by atoms with Gasteiger partial charge in [-0.05, 0) is 49.4 Å². The van der Waals surface area contributed by atoms with Gasteiger partial charge >= 0.3 is 0 Å². The zero-order chi connectivity index (χ0) is 18.8. The van der Waals surface area contributed by atoms with Crippen LogP contribution in [-0.4, -0.2) is 26.0 Å². The Balaban J connectivity index is 1.44. The minimum atomic E-state index is -0.352. The molecule has 3 aromatic rings. The lowest BCUT2D eigenvalue weighted by molar-refractivity contribution is -0.121. The molecule has 1 aromatic carbocycles. The minimum absolute atomic E-state index is 0.0377. The average Bonchev–Trinajstić information content (AvgIpc) is 3.32. The lowest BCUT2D eigenvalue weighted by atomic mass is 9.88. The van der Waals surface area contributed by atoms with Gasteiger partial charge in [-0.25, -0.2) is 4.68 Å². The Morgan fingerprint density at radius 3 is 3.00 bits per heavy atom. The first-order valence-corrected chi connectivity index (χ1v) is 9.80. The van der Waals surface area contributed by atoms with Crippen molar-refractivity contribution in [1.82, 2.24) is 20.2 Å². The zero-order valence-corrected chi connectivity index (χ0v) is 15.8. The predicted octanol–water partition coefficient (Wildman–Crippen LogP) is 2.93. The number of nitrogens with zero attached hydrogens (tertiary/aromatic N) is 3. The van der Waals surface area contributed by atoms with Crippen LogP contribution in [0.2, 0.25) is 0 Å². The Bertz CT molecular complexity index is 937. The topological polar surface area (TPSA) is 99.0 Å². The van der Waals surface area contributed by atoms with Crippen molar-refractivity contribution in [2.75, 3.05) is 5.84 Å². The molecule has 1 aliphatic rings. The number of furan rings is 1. The molecule has 0 unspecified atom stereocenters. The molecular formula is C19H21N5O2S. The van der Waals surface area contributed by atoms with Gasteiger partial charge in [0, 0.05) is 0 Å². The smallest absolute Gasteiger partial charge is 0.233 e. The summed E-state index contributed by atoms with van der Waals surface area (Å²) in [5.74, 6) is 6.99. The highest BCUT2D eigenvalue weighted by molar-refractivity contribution is 8.00. The SMILES string of the molecule is C[C@@H](Sc1nnc(-c2ccco2)n1N)C(=O)N[C@H]1CCCc2ccccc21. The normalized spacial score (nSPS) is 17.3. The number of hydrogen-bond acceptors (Lipinski definition) is 6. The van der Waals surface area contributed by atoms with E-state index < -0.39 is 0 Å². The summed E-state index contributed by atoms with van der Waals surface area (Å²) in [6.45, 7) is 1.84. The lowest BCUT2D eigenvalue weighted by Gasteiger charge is -2.27. The van der Waals surface area contributed by atoms with Gasteiger partial charge < -0.3 is 15.6 Å². The van der Waals surface area contributed by atoms with Gasteiger partial charge in [0.05, 0.1) is 17.6 Å². The first-order valence-electron chi connectivity index (χ1n) is 8.92. The van der Waals surface area contributed by atoms with E-state index in [0.29, 0.717) is 16.7 Å². The molecule has 8 heteroatoms. The molecule has 4 rings (SSSR count). The van der Waals surface area contributed by atoms with Crippen molar-refractivity contribution in [3.05, 3.63) is 53.8 Å². The number of fused-ring (bicyclic) bond motifs is 1. The van der Waals surface area contributed by atoms with Crippen molar-refractivity contribution < 1.29 is 9.21 Å². The number of aromatic nitrogens is 3. The molecule has 1 amide bonds. The summed E-state index contributed by atoms with van der Waals surface area (Å²) in [6, 6.07) is 11.9. The number of aryl methyl sites for hydroxylation is 1. The minimum Gasteiger partial charge on any atom is -0.461 e. The zero-order valence-electron chi connectivity index (χ0n) is 15.0. The first kappa shape index (κ1) is 17.7. The monoisotopic (exact) mass is 383 g/mol. The van der Waals surface area contributed by atoms with E-state index in [0.717, 1.165) is 19.3 Å². The van der Waals surface area contributed by atoms with Gasteiger partial charge in [-0.3, -0.25) is 4.79 Å². The Kier molecular flexibility index (Phi) is 4.89. The quantitative estimate of drug-likeness (QED) is 0.519. The third kappa shape index (κ3) is 3.57. The van der Waals surface area contributed by atoms with E-state index in [9.17, 15) is 4.79 Å². The van der Waals surface area contributed by atoms with Gasteiger partial charge in [0.2, 0.25) is 16.9 Å². The van der Waals surface area contributed by atoms with Gasteiger partial charge in [0.1, 0.15) is 0 Å². The molecule has 7 nitrogen and oxygen atoms in total. The molecule has 0 fully saturated rings. The summed E-state index contributed by atoms with van der Waals surface area (Å²) in [4.78, 5) is 12.7. The molecule has 3 N–H and O–H groups in total. The molecule has 140 valence electrons. The van der Waals surface area contributed by atoms with Crippen LogP contribution in [-0.2, 0) is 11.2 Å². The third-order valence-electron chi connectivity index (χ3n) is 4.74. The van der Waals surface area contributed by atoms with E-state index in [1.165, 1.54) is 27.6 Å². The molecule has 0 saturated carbocycles. The fourth-order valence-electron chi connectivity index (χ4n) is 3.34. The fourth-order valence-corrected chi connectivity index (χ4v) is 4.12. The summed E-state index contributed by atoms with van der Waals surface area (Å²) in [6.07, 6.45) is 4.65. The van der Waals surface area contributed by atoms with Crippen molar-refractivity contribution in [3.8, 4) is 11.6 Å². The maximum Gasteiger partial charge on any atom is 0.233 e. The van der Waals surface area contributed by atoms with Crippen LogP contribution in [0.5, 0.6) is 0 Å². The summed E-state index contributed by atoms with van der Waals surface area (Å²) in [5, 5.41) is 11.4. The van der Waals surface area contributed by atoms with E-state index in [1.54, 1.807) is 18.4 Å². The van der Waals surface area contributed by atoms with E-state index in [1.807, 2.05) is 19.1 Å². The number of nitrogens with two attached hydrogens (primary N) is 1. The number of thioether (sulfide) groups is 1. The van der Waals surface area contributed by atoms with Crippen LogP contribution in [0.3, 0.4) is 0 Å². The van der Waals surface area contributed by atoms with Gasteiger partial charge in [0.15, 0.2) is 5.76 Å². The molecule has 2 atom stereocenters. The van der Waals surface area contributed by atoms with Crippen LogP contribution >= 0.6 is 11.8 Å². The molecule has 0 saturated heterocycles. The Morgan fingerprint density at radius 1 is 1.33 bits per heavy atom. The molecule has 0 bridgehead atoms. The maximum atomic E-state index is 12.7. The number of amides is 1. The summed E-state index contributed by atoms with van der Waals surface area (Å²) in [7, 11) is 0. The molecule has 2 aromatic heterocycles. The van der Waals surface area contributed by atoms with Crippen LogP contribution in [0.1, 0.15) is 36.9 Å². The predicted molar refractivity (Wildman–Crippen MR) is 103 cm³/mol. The third-order valence-corrected chi connectivity index (χ3v) is 5.80. The van der Waals surface area contributed by atoms with Crippen molar-refractivity contribution in [3.63, 3.8) is 0 Å². The number of benzene rings is 1. The van der Waals surface area contributed by atoms with Crippen LogP contribution in [0, 0.1) is 0 Å². The first-order chi connectivity index (χ1) is 13.1. The summed E-state index contributed by atoms with van der Waals surface area (Å²) >= 11 is 1.28. The lowest BCUT2D eigenvalue weighted by Crippen LogP contribution is -2.36. The van der Waals surface area contributed by atoms with Gasteiger partial charge in [-0.15, -0.1) is 10.2 Å². The Morgan fingerprint density at radius 2 is 2.19 bits per heavy atom. The van der Waals surface area contributed by atoms with Crippen LogP contribution < -0.4 is 11.2 Å². The van der Waals surface area contributed by atoms with Crippen LogP contribution in [0.15, 0.2) is 52.2 Å². The molecule has 1 aliphatic carbocycles. The number of nitrogens with one attached hydrogen (secondary N) is 1. The Hall–Kier alpha value is -2.74. The average molecular weight is 383 g/mol. The highest BCUT2D eigenvalue weighted by atomic mass is 32.2. The standard InChI is InChI=1S/C19H21N5O2S/c1-12(27-19-23-22-17(24(19)20)16-10-5-11-26-16)18(25)21-15-9-4-7-13-6-2-3-8-14(13)15/h2-3,5-6,8,10-12,15H,4,7,9,20H2,1H3,(H,21,25)/t12-,15+/m1/s1. The summed E-state index contributed by atoms with van der Waals surface area (Å²) in [5.41, 5.74) is 2.54. The molecule has 27 heavy (non-hydrogen) atoms. The van der Waals surface area contributed by atoms with Gasteiger partial charge in [-0.2, -0.15) is 0 Å². The van der Waals surface area contributed by atoms with Crippen molar-refractivity contribution in [2.24, 2.45) is 0 Å². The summed E-state index contributed by atoms with van der Waals surface area (Å²) < 4.78 is 6.66. The van der Waals surface area contributed by atoms with Crippen molar-refractivity contribution in [1.29, 1.82) is 0 Å². The van der Waals surface area contributed by atoms with E-state index >= 15 is 0 Å². The largest absolute Gasteiger partial charge is 0.461 e. The van der Waals surface area contributed by atoms with Crippen LogP contribution in [0.25, 0.3) is 11.6 Å². The van der Waals surface area contributed by atoms with Crippen molar-refractivity contribution >= 4 is 17.7 Å². The number of carbonyl (C=O) groups excluding carboxylic acids is 1. The van der Waals surface area contributed by atoms with Gasteiger partial charge in [-0.1, -0.05) is 36.0 Å². The number of carbonyl (C=O) groups is 1. The molecule has 0 aliphatic heterocycles. The highest BCUT2D eigenvalue weighted by Gasteiger charge is 2.25. The second kappa shape index (κ2) is 7.48. The number of nitrogen functional groups attached to an aromatic ring is 1. The maximum absolute atomic E-state index is 12.7. The van der Waals surface area contributed by atoms with Crippen molar-refractivity contribution in [2.45, 2.75) is 42.6 Å². The Labute approximate surface area is 161 Å². The molecule has 2 heterocycles. The number of rotatable bonds is 5. The molecule has 0 spiro atoms. The molecule has 0 radical (unpaired) electrons. The van der Waals surface area contributed by atoms with Gasteiger partial charge in [0.25, 0.3) is 0 Å².